The Morgan fingerprint density at radius 3 is 2.66 bits per heavy atom. The molecular weight excluding hydrogens is 442 g/mol. The fourth-order valence-electron chi connectivity index (χ4n) is 3.73. The molecule has 166 valence electrons. The van der Waals surface area contributed by atoms with Crippen molar-refractivity contribution >= 4 is 35.1 Å². The van der Waals surface area contributed by atoms with E-state index in [1.165, 1.54) is 24.3 Å². The number of fused-ring (bicyclic) bond motifs is 1. The molecule has 0 spiro atoms. The molecule has 1 unspecified atom stereocenters. The number of halogens is 3. The van der Waals surface area contributed by atoms with E-state index >= 15 is 0 Å². The summed E-state index contributed by atoms with van der Waals surface area (Å²) < 4.78 is 45.3. The molecule has 1 fully saturated rings. The van der Waals surface area contributed by atoms with Crippen LogP contribution >= 0.6 is 11.6 Å². The third kappa shape index (κ3) is 4.14. The molecular formula is C23H19ClF2N2O4. The Morgan fingerprint density at radius 1 is 1.22 bits per heavy atom. The monoisotopic (exact) mass is 462 g/mol. The molecule has 0 saturated carbocycles. The van der Waals surface area contributed by atoms with Crippen LogP contribution in [0, 0.1) is 0 Å². The summed E-state index contributed by atoms with van der Waals surface area (Å²) in [5.41, 5.74) is 0.792. The molecule has 32 heavy (non-hydrogen) atoms. The van der Waals surface area contributed by atoms with Crippen LogP contribution in [-0.4, -0.2) is 34.4 Å². The molecule has 0 aromatic heterocycles. The van der Waals surface area contributed by atoms with Gasteiger partial charge < -0.3 is 4.90 Å². The SMILES string of the molecule is [2H]C1C[C@]([2H])(N2Cc3cc(CCC(=O)C(F)(F)c4ccc(Cl)cc4)ccc3C2=O)C(=O)NC1=O. The number of amides is 3. The van der Waals surface area contributed by atoms with E-state index in [0.717, 1.165) is 17.0 Å². The maximum Gasteiger partial charge on any atom is 0.330 e. The number of nitrogens with zero attached hydrogens (tertiary/aromatic N) is 1. The van der Waals surface area contributed by atoms with Gasteiger partial charge in [0, 0.05) is 36.9 Å². The van der Waals surface area contributed by atoms with Crippen molar-refractivity contribution in [3.8, 4) is 0 Å². The predicted octanol–water partition coefficient (Wildman–Crippen LogP) is 3.39. The Balaban J connectivity index is 1.47. The molecule has 9 heteroatoms. The topological polar surface area (TPSA) is 83.6 Å². The van der Waals surface area contributed by atoms with Gasteiger partial charge in [0.2, 0.25) is 17.6 Å². The Hall–Kier alpha value is -3.13. The Bertz CT molecular complexity index is 1210. The predicted molar refractivity (Wildman–Crippen MR) is 111 cm³/mol. The number of hydrogen-bond donors (Lipinski definition) is 1. The van der Waals surface area contributed by atoms with E-state index in [0.29, 0.717) is 11.1 Å². The average Bonchev–Trinajstić information content (AvgIpc) is 3.13. The second-order valence-corrected chi connectivity index (χ2v) is 8.00. The molecule has 6 nitrogen and oxygen atoms in total. The van der Waals surface area contributed by atoms with Gasteiger partial charge in [-0.15, -0.1) is 0 Å². The van der Waals surface area contributed by atoms with Gasteiger partial charge in [0.05, 0.1) is 1.37 Å². The Labute approximate surface area is 190 Å². The molecule has 2 aromatic rings. The third-order valence-electron chi connectivity index (χ3n) is 5.48. The summed E-state index contributed by atoms with van der Waals surface area (Å²) in [5, 5.41) is 2.23. The molecule has 3 amide bonds. The van der Waals surface area contributed by atoms with Gasteiger partial charge in [0.1, 0.15) is 6.02 Å². The van der Waals surface area contributed by atoms with E-state index in [-0.39, 0.29) is 23.6 Å². The van der Waals surface area contributed by atoms with Crippen molar-refractivity contribution in [3.05, 3.63) is 69.7 Å². The summed E-state index contributed by atoms with van der Waals surface area (Å²) in [6, 6.07) is 7.22. The molecule has 2 aromatic carbocycles. The van der Waals surface area contributed by atoms with Crippen LogP contribution in [0.15, 0.2) is 42.5 Å². The number of imide groups is 1. The maximum atomic E-state index is 14.5. The first-order valence-corrected chi connectivity index (χ1v) is 10.2. The molecule has 2 aliphatic rings. The highest BCUT2D eigenvalue weighted by Crippen LogP contribution is 2.32. The van der Waals surface area contributed by atoms with Crippen molar-refractivity contribution in [2.24, 2.45) is 0 Å². The third-order valence-corrected chi connectivity index (χ3v) is 5.73. The summed E-state index contributed by atoms with van der Waals surface area (Å²) in [4.78, 5) is 50.0. The van der Waals surface area contributed by atoms with Crippen LogP contribution in [-0.2, 0) is 33.3 Å². The number of nitrogens with one attached hydrogen (secondary N) is 1. The zero-order chi connectivity index (χ0) is 24.8. The fourth-order valence-corrected chi connectivity index (χ4v) is 3.86. The summed E-state index contributed by atoms with van der Waals surface area (Å²) in [6.45, 7) is -0.116. The summed E-state index contributed by atoms with van der Waals surface area (Å²) >= 11 is 5.71. The lowest BCUT2D eigenvalue weighted by atomic mass is 9.97. The van der Waals surface area contributed by atoms with Crippen LogP contribution in [0.3, 0.4) is 0 Å². The van der Waals surface area contributed by atoms with E-state index in [9.17, 15) is 28.0 Å². The number of ketones is 1. The summed E-state index contributed by atoms with van der Waals surface area (Å²) in [7, 11) is 0. The van der Waals surface area contributed by atoms with Gasteiger partial charge in [-0.25, -0.2) is 0 Å². The lowest BCUT2D eigenvalue weighted by Gasteiger charge is -2.29. The minimum Gasteiger partial charge on any atom is -0.322 e. The number of carbonyl (C=O) groups excluding carboxylic acids is 4. The second kappa shape index (κ2) is 8.43. The normalized spacial score (nSPS) is 24.0. The van der Waals surface area contributed by atoms with Crippen LogP contribution in [0.1, 0.15) is 49.0 Å². The van der Waals surface area contributed by atoms with E-state index < -0.39 is 60.2 Å². The lowest BCUT2D eigenvalue weighted by Crippen LogP contribution is -2.52. The number of piperidine rings is 1. The van der Waals surface area contributed by atoms with Crippen LogP contribution in [0.25, 0.3) is 0 Å². The van der Waals surface area contributed by atoms with Crippen LogP contribution < -0.4 is 5.32 Å². The minimum atomic E-state index is -3.68. The highest BCUT2D eigenvalue weighted by molar-refractivity contribution is 6.30. The molecule has 1 saturated heterocycles. The van der Waals surface area contributed by atoms with Crippen molar-refractivity contribution in [3.63, 3.8) is 0 Å². The van der Waals surface area contributed by atoms with E-state index in [2.05, 4.69) is 0 Å². The Kier molecular flexibility index (Phi) is 5.15. The van der Waals surface area contributed by atoms with Gasteiger partial charge in [-0.05, 0) is 42.2 Å². The summed E-state index contributed by atoms with van der Waals surface area (Å²) in [5.74, 6) is -7.33. The van der Waals surface area contributed by atoms with Crippen LogP contribution in [0.2, 0.25) is 5.02 Å². The first-order valence-electron chi connectivity index (χ1n) is 10.9. The lowest BCUT2D eigenvalue weighted by molar-refractivity contribution is -0.144. The average molecular weight is 463 g/mol. The second-order valence-electron chi connectivity index (χ2n) is 7.56. The van der Waals surface area contributed by atoms with Gasteiger partial charge >= 0.3 is 5.92 Å². The van der Waals surface area contributed by atoms with Gasteiger partial charge in [0.15, 0.2) is 0 Å². The van der Waals surface area contributed by atoms with Crippen molar-refractivity contribution in [2.75, 3.05) is 0 Å². The van der Waals surface area contributed by atoms with Crippen molar-refractivity contribution in [2.45, 2.75) is 44.1 Å². The largest absolute Gasteiger partial charge is 0.330 e. The standard InChI is InChI=1S/C23H19ClF2N2O4/c24-16-5-3-15(4-6-16)23(25,26)19(29)9-2-13-1-7-17-14(11-13)12-28(22(17)32)18-8-10-20(30)27-21(18)31/h1,3-7,11,18H,2,8-10,12H2,(H,27,30,31)/t18-/m0/s1/i10D,18D/t10?,18-. The smallest absolute Gasteiger partial charge is 0.322 e. The van der Waals surface area contributed by atoms with Gasteiger partial charge in [-0.3, -0.25) is 24.5 Å². The van der Waals surface area contributed by atoms with Gasteiger partial charge in [-0.2, -0.15) is 8.78 Å². The number of rotatable bonds is 6. The fraction of sp³-hybridized carbons (Fsp3) is 0.304. The molecule has 0 aliphatic carbocycles. The van der Waals surface area contributed by atoms with E-state index in [4.69, 9.17) is 14.3 Å². The summed E-state index contributed by atoms with van der Waals surface area (Å²) in [6.07, 6.45) is -2.27. The highest BCUT2D eigenvalue weighted by Gasteiger charge is 2.41. The number of benzene rings is 2. The number of hydrogen-bond acceptors (Lipinski definition) is 4. The van der Waals surface area contributed by atoms with Gasteiger partial charge in [0.25, 0.3) is 5.91 Å². The number of alkyl halides is 2. The first-order chi connectivity index (χ1) is 15.9. The molecule has 0 bridgehead atoms. The molecule has 1 N–H and O–H groups in total. The molecule has 2 aliphatic heterocycles. The van der Waals surface area contributed by atoms with Crippen molar-refractivity contribution < 1.29 is 30.7 Å². The number of carbonyl (C=O) groups is 4. The van der Waals surface area contributed by atoms with Crippen LogP contribution in [0.5, 0.6) is 0 Å². The first kappa shape index (κ1) is 19.5. The van der Waals surface area contributed by atoms with Crippen molar-refractivity contribution in [1.82, 2.24) is 10.2 Å². The number of Topliss-reactive ketones (excluding diaryl/α,β-unsaturated/α-hetero) is 1. The maximum absolute atomic E-state index is 14.5. The number of aryl methyl sites for hydroxylation is 1. The van der Waals surface area contributed by atoms with E-state index in [1.54, 1.807) is 6.07 Å². The molecule has 2 atom stereocenters. The zero-order valence-electron chi connectivity index (χ0n) is 18.7. The van der Waals surface area contributed by atoms with Crippen molar-refractivity contribution in [1.29, 1.82) is 0 Å². The zero-order valence-corrected chi connectivity index (χ0v) is 17.4. The van der Waals surface area contributed by atoms with Gasteiger partial charge in [-0.1, -0.05) is 35.9 Å². The molecule has 4 rings (SSSR count). The highest BCUT2D eigenvalue weighted by atomic mass is 35.5. The molecule has 2 heterocycles. The quantitative estimate of drug-likeness (QED) is 0.667. The molecule has 0 radical (unpaired) electrons. The minimum absolute atomic E-state index is 0.000711. The Morgan fingerprint density at radius 2 is 1.94 bits per heavy atom. The van der Waals surface area contributed by atoms with Crippen LogP contribution in [0.4, 0.5) is 8.78 Å². The van der Waals surface area contributed by atoms with E-state index in [1.807, 2.05) is 5.32 Å².